The zero-order valence-corrected chi connectivity index (χ0v) is 16.6. The number of nitrogens with zero attached hydrogens (tertiary/aromatic N) is 4. The molecule has 6 nitrogen and oxygen atoms in total. The van der Waals surface area contributed by atoms with Gasteiger partial charge >= 0.3 is 0 Å². The Morgan fingerprint density at radius 2 is 1.74 bits per heavy atom. The Morgan fingerprint density at radius 3 is 2.58 bits per heavy atom. The van der Waals surface area contributed by atoms with E-state index in [9.17, 15) is 4.79 Å². The van der Waals surface area contributed by atoms with E-state index in [0.717, 1.165) is 22.4 Å². The largest absolute Gasteiger partial charge is 0.323 e. The third kappa shape index (κ3) is 4.04. The Labute approximate surface area is 179 Å². The number of fused-ring (bicyclic) bond motifs is 1. The lowest BCUT2D eigenvalue weighted by atomic mass is 10.0. The molecule has 0 fully saturated rings. The summed E-state index contributed by atoms with van der Waals surface area (Å²) in [6.45, 7) is 0. The van der Waals surface area contributed by atoms with Gasteiger partial charge in [0.2, 0.25) is 5.91 Å². The van der Waals surface area contributed by atoms with E-state index in [2.05, 4.69) is 39.6 Å². The fraction of sp³-hybridized carbons (Fsp3) is 0.0400. The monoisotopic (exact) mass is 405 g/mol. The molecule has 31 heavy (non-hydrogen) atoms. The van der Waals surface area contributed by atoms with Crippen LogP contribution in [0.1, 0.15) is 5.69 Å². The maximum atomic E-state index is 12.5. The summed E-state index contributed by atoms with van der Waals surface area (Å²) in [4.78, 5) is 25.4. The maximum Gasteiger partial charge on any atom is 0.230 e. The number of imidazole rings is 1. The van der Waals surface area contributed by atoms with Crippen molar-refractivity contribution in [2.45, 2.75) is 6.42 Å². The van der Waals surface area contributed by atoms with Crippen LogP contribution >= 0.6 is 0 Å². The third-order valence-electron chi connectivity index (χ3n) is 4.98. The number of rotatable bonds is 5. The van der Waals surface area contributed by atoms with E-state index in [1.54, 1.807) is 18.6 Å². The maximum absolute atomic E-state index is 12.5. The molecule has 0 saturated heterocycles. The van der Waals surface area contributed by atoms with Crippen LogP contribution in [0.2, 0.25) is 0 Å². The molecule has 0 atom stereocenters. The molecule has 0 aliphatic rings. The van der Waals surface area contributed by atoms with Gasteiger partial charge in [-0.1, -0.05) is 48.5 Å². The van der Waals surface area contributed by atoms with E-state index < -0.39 is 0 Å². The molecule has 3 aromatic heterocycles. The van der Waals surface area contributed by atoms with Crippen LogP contribution in [-0.4, -0.2) is 25.3 Å². The van der Waals surface area contributed by atoms with Gasteiger partial charge in [0.05, 0.1) is 23.5 Å². The number of pyridine rings is 1. The molecule has 5 rings (SSSR count). The Bertz CT molecular complexity index is 1350. The standard InChI is InChI=1S/C25H19N5O/c31-24(15-21-16-26-11-12-27-21)28-22-10-5-13-30-17-23(29-25(22)30)20-9-4-8-19(14-20)18-6-2-1-3-7-18/h1-14,16-17H,15H2,(H,28,31). The molecule has 0 saturated carbocycles. The molecule has 0 aliphatic heterocycles. The van der Waals surface area contributed by atoms with Crippen molar-refractivity contribution in [3.8, 4) is 22.4 Å². The molecule has 1 N–H and O–H groups in total. The van der Waals surface area contributed by atoms with Gasteiger partial charge in [-0.2, -0.15) is 0 Å². The SMILES string of the molecule is O=C(Cc1cnccn1)Nc1cccn2cc(-c3cccc(-c4ccccc4)c3)nc12. The van der Waals surface area contributed by atoms with Crippen molar-refractivity contribution in [2.75, 3.05) is 5.32 Å². The van der Waals surface area contributed by atoms with Crippen LogP contribution in [0, 0.1) is 0 Å². The average Bonchev–Trinajstić information content (AvgIpc) is 3.26. The summed E-state index contributed by atoms with van der Waals surface area (Å²) in [5, 5.41) is 2.95. The van der Waals surface area contributed by atoms with E-state index in [1.807, 2.05) is 59.3 Å². The molecule has 0 bridgehead atoms. The lowest BCUT2D eigenvalue weighted by molar-refractivity contribution is -0.115. The van der Waals surface area contributed by atoms with Crippen LogP contribution in [-0.2, 0) is 11.2 Å². The molecule has 0 radical (unpaired) electrons. The molecule has 0 aliphatic carbocycles. The van der Waals surface area contributed by atoms with Crippen LogP contribution < -0.4 is 5.32 Å². The molecule has 150 valence electrons. The first-order valence-electron chi connectivity index (χ1n) is 9.94. The van der Waals surface area contributed by atoms with Gasteiger partial charge in [-0.3, -0.25) is 14.8 Å². The first kappa shape index (κ1) is 18.7. The highest BCUT2D eigenvalue weighted by Gasteiger charge is 2.12. The molecule has 0 unspecified atom stereocenters. The summed E-state index contributed by atoms with van der Waals surface area (Å²) in [6.07, 6.45) is 8.80. The van der Waals surface area contributed by atoms with Gasteiger partial charge in [0.25, 0.3) is 0 Å². The summed E-state index contributed by atoms with van der Waals surface area (Å²) < 4.78 is 1.92. The van der Waals surface area contributed by atoms with Gasteiger partial charge in [-0.25, -0.2) is 4.98 Å². The van der Waals surface area contributed by atoms with Crippen molar-refractivity contribution in [1.29, 1.82) is 0 Å². The van der Waals surface area contributed by atoms with Crippen molar-refractivity contribution in [3.05, 3.63) is 103 Å². The van der Waals surface area contributed by atoms with E-state index >= 15 is 0 Å². The van der Waals surface area contributed by atoms with E-state index in [1.165, 1.54) is 0 Å². The first-order chi connectivity index (χ1) is 15.3. The quantitative estimate of drug-likeness (QED) is 0.462. The Hall–Kier alpha value is -4.32. The molecule has 0 spiro atoms. The summed E-state index contributed by atoms with van der Waals surface area (Å²) in [7, 11) is 0. The fourth-order valence-electron chi connectivity index (χ4n) is 3.52. The number of hydrogen-bond acceptors (Lipinski definition) is 4. The molecular formula is C25H19N5O. The summed E-state index contributed by atoms with van der Waals surface area (Å²) in [5.74, 6) is -0.163. The van der Waals surface area contributed by atoms with E-state index in [-0.39, 0.29) is 12.3 Å². The Morgan fingerprint density at radius 1 is 0.903 bits per heavy atom. The minimum absolute atomic E-state index is 0.154. The lowest BCUT2D eigenvalue weighted by Gasteiger charge is -2.06. The number of anilines is 1. The molecule has 6 heteroatoms. The third-order valence-corrected chi connectivity index (χ3v) is 4.98. The summed E-state index contributed by atoms with van der Waals surface area (Å²) >= 11 is 0. The lowest BCUT2D eigenvalue weighted by Crippen LogP contribution is -2.15. The van der Waals surface area contributed by atoms with Crippen molar-refractivity contribution in [1.82, 2.24) is 19.4 Å². The number of benzene rings is 2. The second kappa shape index (κ2) is 8.20. The second-order valence-corrected chi connectivity index (χ2v) is 7.15. The van der Waals surface area contributed by atoms with Gasteiger partial charge in [-0.15, -0.1) is 0 Å². The van der Waals surface area contributed by atoms with Crippen LogP contribution in [0.4, 0.5) is 5.69 Å². The first-order valence-corrected chi connectivity index (χ1v) is 9.94. The minimum atomic E-state index is -0.163. The van der Waals surface area contributed by atoms with E-state index in [4.69, 9.17) is 4.98 Å². The van der Waals surface area contributed by atoms with Crippen molar-refractivity contribution >= 4 is 17.2 Å². The van der Waals surface area contributed by atoms with E-state index in [0.29, 0.717) is 17.0 Å². The van der Waals surface area contributed by atoms with Crippen molar-refractivity contribution < 1.29 is 4.79 Å². The van der Waals surface area contributed by atoms with Crippen molar-refractivity contribution in [2.24, 2.45) is 0 Å². The van der Waals surface area contributed by atoms with Crippen LogP contribution in [0.15, 0.2) is 97.7 Å². The number of carbonyl (C=O) groups is 1. The summed E-state index contributed by atoms with van der Waals surface area (Å²) in [5.41, 5.74) is 6.11. The Kier molecular flexibility index (Phi) is 4.94. The number of carbonyl (C=O) groups excluding carboxylic acids is 1. The number of aromatic nitrogens is 4. The minimum Gasteiger partial charge on any atom is -0.323 e. The molecular weight excluding hydrogens is 386 g/mol. The molecule has 1 amide bonds. The van der Waals surface area contributed by atoms with Gasteiger partial charge in [0.15, 0.2) is 5.65 Å². The topological polar surface area (TPSA) is 72.2 Å². The van der Waals surface area contributed by atoms with Gasteiger partial charge in [0, 0.05) is 36.5 Å². The predicted octanol–water partition coefficient (Wildman–Crippen LogP) is 4.64. The average molecular weight is 405 g/mol. The normalized spacial score (nSPS) is 10.8. The number of amides is 1. The Balaban J connectivity index is 1.44. The van der Waals surface area contributed by atoms with Gasteiger partial charge in [-0.05, 0) is 29.3 Å². The highest BCUT2D eigenvalue weighted by Crippen LogP contribution is 2.27. The van der Waals surface area contributed by atoms with Crippen LogP contribution in [0.3, 0.4) is 0 Å². The van der Waals surface area contributed by atoms with Crippen LogP contribution in [0.5, 0.6) is 0 Å². The van der Waals surface area contributed by atoms with Gasteiger partial charge in [0.1, 0.15) is 0 Å². The number of nitrogens with one attached hydrogen (secondary N) is 1. The molecule has 2 aromatic carbocycles. The summed E-state index contributed by atoms with van der Waals surface area (Å²) in [6, 6.07) is 22.3. The highest BCUT2D eigenvalue weighted by molar-refractivity contribution is 5.95. The second-order valence-electron chi connectivity index (χ2n) is 7.15. The van der Waals surface area contributed by atoms with Crippen LogP contribution in [0.25, 0.3) is 28.0 Å². The van der Waals surface area contributed by atoms with Crippen molar-refractivity contribution in [3.63, 3.8) is 0 Å². The molecule has 3 heterocycles. The zero-order valence-electron chi connectivity index (χ0n) is 16.6. The zero-order chi connectivity index (χ0) is 21.0. The predicted molar refractivity (Wildman–Crippen MR) is 120 cm³/mol. The van der Waals surface area contributed by atoms with Gasteiger partial charge < -0.3 is 9.72 Å². The highest BCUT2D eigenvalue weighted by atomic mass is 16.1. The fourth-order valence-corrected chi connectivity index (χ4v) is 3.52. The number of hydrogen-bond donors (Lipinski definition) is 1. The molecule has 5 aromatic rings. The smallest absolute Gasteiger partial charge is 0.230 e.